The zero-order valence-corrected chi connectivity index (χ0v) is 16.7. The summed E-state index contributed by atoms with van der Waals surface area (Å²) in [5.41, 5.74) is 3.88. The molecule has 0 fully saturated rings. The van der Waals surface area contributed by atoms with E-state index in [9.17, 15) is 0 Å². The number of nitrogens with zero attached hydrogens (tertiary/aromatic N) is 1. The Bertz CT molecular complexity index is 589. The van der Waals surface area contributed by atoms with Crippen molar-refractivity contribution in [3.8, 4) is 5.75 Å². The van der Waals surface area contributed by atoms with Crippen LogP contribution in [0, 0.1) is 0 Å². The number of rotatable bonds is 13. The Morgan fingerprint density at radius 1 is 0.692 bits per heavy atom. The molecule has 2 aromatic rings. The summed E-state index contributed by atoms with van der Waals surface area (Å²) < 4.78 is 5.84. The summed E-state index contributed by atoms with van der Waals surface area (Å²) in [4.78, 5) is 4.61. The molecule has 2 rings (SSSR count). The van der Waals surface area contributed by atoms with Gasteiger partial charge in [0.05, 0.1) is 6.61 Å². The van der Waals surface area contributed by atoms with Crippen LogP contribution in [0.5, 0.6) is 5.75 Å². The highest BCUT2D eigenvalue weighted by Crippen LogP contribution is 2.15. The third-order valence-corrected chi connectivity index (χ3v) is 4.81. The first-order valence-electron chi connectivity index (χ1n) is 10.5. The van der Waals surface area contributed by atoms with Crippen molar-refractivity contribution in [2.45, 2.75) is 78.1 Å². The molecule has 2 heteroatoms. The van der Waals surface area contributed by atoms with Gasteiger partial charge in [-0.05, 0) is 61.4 Å². The van der Waals surface area contributed by atoms with E-state index in [2.05, 4.69) is 55.2 Å². The fraction of sp³-hybridized carbons (Fsp3) is 0.542. The topological polar surface area (TPSA) is 22.1 Å². The molecule has 0 spiro atoms. The number of aromatic nitrogens is 1. The van der Waals surface area contributed by atoms with Crippen LogP contribution in [0.4, 0.5) is 0 Å². The molecule has 0 radical (unpaired) electrons. The second kappa shape index (κ2) is 12.5. The predicted octanol–water partition coefficient (Wildman–Crippen LogP) is 6.56. The largest absolute Gasteiger partial charge is 0.494 e. The van der Waals surface area contributed by atoms with Gasteiger partial charge in [-0.15, -0.1) is 0 Å². The first-order chi connectivity index (χ1) is 12.8. The van der Waals surface area contributed by atoms with Crippen molar-refractivity contribution in [2.24, 2.45) is 0 Å². The summed E-state index contributed by atoms with van der Waals surface area (Å²) in [5.74, 6) is 0.989. The van der Waals surface area contributed by atoms with Gasteiger partial charge >= 0.3 is 0 Å². The van der Waals surface area contributed by atoms with Crippen molar-refractivity contribution in [1.29, 1.82) is 0 Å². The maximum Gasteiger partial charge on any atom is 0.119 e. The van der Waals surface area contributed by atoms with Crippen molar-refractivity contribution < 1.29 is 4.74 Å². The maximum absolute atomic E-state index is 5.84. The SMILES string of the molecule is CCCCCCCOc1ccc(CCc2ccc(CCCC)cn2)cc1. The molecular formula is C24H35NO. The van der Waals surface area contributed by atoms with E-state index in [1.165, 1.54) is 55.3 Å². The summed E-state index contributed by atoms with van der Waals surface area (Å²) in [6.45, 7) is 5.31. The van der Waals surface area contributed by atoms with Crippen molar-refractivity contribution in [3.63, 3.8) is 0 Å². The lowest BCUT2D eigenvalue weighted by molar-refractivity contribution is 0.304. The number of ether oxygens (including phenoxy) is 1. The summed E-state index contributed by atoms with van der Waals surface area (Å²) in [7, 11) is 0. The van der Waals surface area contributed by atoms with E-state index in [4.69, 9.17) is 4.74 Å². The van der Waals surface area contributed by atoms with Crippen molar-refractivity contribution in [3.05, 3.63) is 59.4 Å². The molecule has 0 bridgehead atoms. The monoisotopic (exact) mass is 353 g/mol. The van der Waals surface area contributed by atoms with Gasteiger partial charge in [0.1, 0.15) is 5.75 Å². The lowest BCUT2D eigenvalue weighted by Crippen LogP contribution is -1.98. The second-order valence-electron chi connectivity index (χ2n) is 7.17. The van der Waals surface area contributed by atoms with E-state index in [1.807, 2.05) is 6.20 Å². The Morgan fingerprint density at radius 2 is 1.42 bits per heavy atom. The molecule has 26 heavy (non-hydrogen) atoms. The summed E-state index contributed by atoms with van der Waals surface area (Å²) >= 11 is 0. The van der Waals surface area contributed by atoms with Gasteiger partial charge in [-0.3, -0.25) is 4.98 Å². The van der Waals surface area contributed by atoms with Gasteiger partial charge in [-0.1, -0.05) is 64.2 Å². The van der Waals surface area contributed by atoms with Crippen LogP contribution in [0.3, 0.4) is 0 Å². The molecular weight excluding hydrogens is 318 g/mol. The van der Waals surface area contributed by atoms with Crippen LogP contribution in [0.25, 0.3) is 0 Å². The summed E-state index contributed by atoms with van der Waals surface area (Å²) in [5, 5.41) is 0. The Balaban J connectivity index is 1.68. The average Bonchev–Trinajstić information content (AvgIpc) is 2.69. The molecule has 142 valence electrons. The van der Waals surface area contributed by atoms with Gasteiger partial charge in [0, 0.05) is 11.9 Å². The lowest BCUT2D eigenvalue weighted by atomic mass is 10.1. The predicted molar refractivity (Wildman–Crippen MR) is 111 cm³/mol. The molecule has 0 aliphatic heterocycles. The van der Waals surface area contributed by atoms with Gasteiger partial charge in [0.25, 0.3) is 0 Å². The molecule has 0 atom stereocenters. The Hall–Kier alpha value is -1.83. The first-order valence-corrected chi connectivity index (χ1v) is 10.5. The lowest BCUT2D eigenvalue weighted by Gasteiger charge is -2.08. The van der Waals surface area contributed by atoms with Crippen molar-refractivity contribution in [2.75, 3.05) is 6.61 Å². The zero-order valence-electron chi connectivity index (χ0n) is 16.7. The fourth-order valence-electron chi connectivity index (χ4n) is 3.05. The molecule has 2 nitrogen and oxygen atoms in total. The van der Waals surface area contributed by atoms with Gasteiger partial charge in [-0.2, -0.15) is 0 Å². The van der Waals surface area contributed by atoms with Crippen LogP contribution in [-0.2, 0) is 19.3 Å². The molecule has 0 aliphatic carbocycles. The first kappa shape index (κ1) is 20.5. The highest BCUT2D eigenvalue weighted by molar-refractivity contribution is 5.28. The van der Waals surface area contributed by atoms with Gasteiger partial charge in [-0.25, -0.2) is 0 Å². The van der Waals surface area contributed by atoms with Crippen LogP contribution in [-0.4, -0.2) is 11.6 Å². The number of benzene rings is 1. The molecule has 0 amide bonds. The van der Waals surface area contributed by atoms with Crippen LogP contribution in [0.2, 0.25) is 0 Å². The molecule has 0 saturated carbocycles. The fourth-order valence-corrected chi connectivity index (χ4v) is 3.05. The molecule has 0 N–H and O–H groups in total. The van der Waals surface area contributed by atoms with Crippen LogP contribution < -0.4 is 4.74 Å². The summed E-state index contributed by atoms with van der Waals surface area (Å²) in [6, 6.07) is 13.0. The molecule has 1 aromatic carbocycles. The van der Waals surface area contributed by atoms with Crippen LogP contribution in [0.1, 0.15) is 75.6 Å². The minimum Gasteiger partial charge on any atom is -0.494 e. The van der Waals surface area contributed by atoms with E-state index < -0.39 is 0 Å². The molecule has 0 aliphatic rings. The number of hydrogen-bond donors (Lipinski definition) is 0. The zero-order chi connectivity index (χ0) is 18.5. The highest BCUT2D eigenvalue weighted by atomic mass is 16.5. The molecule has 0 unspecified atom stereocenters. The smallest absolute Gasteiger partial charge is 0.119 e. The van der Waals surface area contributed by atoms with E-state index in [-0.39, 0.29) is 0 Å². The van der Waals surface area contributed by atoms with Crippen LogP contribution >= 0.6 is 0 Å². The van der Waals surface area contributed by atoms with Crippen LogP contribution in [0.15, 0.2) is 42.6 Å². The van der Waals surface area contributed by atoms with E-state index >= 15 is 0 Å². The van der Waals surface area contributed by atoms with E-state index in [0.29, 0.717) is 0 Å². The van der Waals surface area contributed by atoms with Crippen molar-refractivity contribution in [1.82, 2.24) is 4.98 Å². The van der Waals surface area contributed by atoms with Gasteiger partial charge in [0.2, 0.25) is 0 Å². The minimum atomic E-state index is 0.831. The molecule has 1 heterocycles. The van der Waals surface area contributed by atoms with E-state index in [0.717, 1.165) is 38.0 Å². The van der Waals surface area contributed by atoms with Gasteiger partial charge in [0.15, 0.2) is 0 Å². The normalized spacial score (nSPS) is 10.8. The minimum absolute atomic E-state index is 0.831. The molecule has 0 saturated heterocycles. The summed E-state index contributed by atoms with van der Waals surface area (Å²) in [6.07, 6.45) is 14.1. The second-order valence-corrected chi connectivity index (χ2v) is 7.17. The Labute approximate surface area is 160 Å². The number of hydrogen-bond acceptors (Lipinski definition) is 2. The number of aryl methyl sites for hydroxylation is 3. The molecule has 1 aromatic heterocycles. The average molecular weight is 354 g/mol. The van der Waals surface area contributed by atoms with E-state index in [1.54, 1.807) is 0 Å². The van der Waals surface area contributed by atoms with Gasteiger partial charge < -0.3 is 4.74 Å². The quantitative estimate of drug-likeness (QED) is 0.380. The van der Waals surface area contributed by atoms with Crippen molar-refractivity contribution >= 4 is 0 Å². The third-order valence-electron chi connectivity index (χ3n) is 4.81. The Morgan fingerprint density at radius 3 is 2.12 bits per heavy atom. The third kappa shape index (κ3) is 8.03. The highest BCUT2D eigenvalue weighted by Gasteiger charge is 2.00. The standard InChI is InChI=1S/C24H35NO/c1-3-5-7-8-9-19-26-24-17-13-21(14-18-24)11-15-23-16-12-22(20-25-23)10-6-4-2/h12-14,16-18,20H,3-11,15,19H2,1-2H3. The Kier molecular flexibility index (Phi) is 9.86. The maximum atomic E-state index is 5.84. The number of unbranched alkanes of at least 4 members (excludes halogenated alkanes) is 5. The number of pyridine rings is 1.